The monoisotopic (exact) mass is 555 g/mol. The van der Waals surface area contributed by atoms with E-state index >= 15 is 0 Å². The van der Waals surface area contributed by atoms with Gasteiger partial charge in [0.1, 0.15) is 17.6 Å². The second kappa shape index (κ2) is 13.7. The number of nitrogens with zero attached hydrogens (tertiary/aromatic N) is 4. The Labute approximate surface area is 235 Å². The molecule has 4 rings (SSSR count). The van der Waals surface area contributed by atoms with Crippen molar-refractivity contribution in [2.75, 3.05) is 62.6 Å². The van der Waals surface area contributed by atoms with Gasteiger partial charge in [0.05, 0.1) is 13.0 Å². The second-order valence-corrected chi connectivity index (χ2v) is 10.2. The van der Waals surface area contributed by atoms with Crippen LogP contribution < -0.4 is 15.0 Å². The van der Waals surface area contributed by atoms with Gasteiger partial charge in [0.15, 0.2) is 5.11 Å². The summed E-state index contributed by atoms with van der Waals surface area (Å²) in [4.78, 5) is 34.2. The highest BCUT2D eigenvalue weighted by Gasteiger charge is 2.42. The van der Waals surface area contributed by atoms with Gasteiger partial charge in [0.25, 0.3) is 5.91 Å². The molecule has 39 heavy (non-hydrogen) atoms. The van der Waals surface area contributed by atoms with Crippen molar-refractivity contribution in [1.82, 2.24) is 14.7 Å². The van der Waals surface area contributed by atoms with Crippen molar-refractivity contribution in [2.45, 2.75) is 39.2 Å². The maximum Gasteiger partial charge on any atom is 0.252 e. The average molecular weight is 556 g/mol. The van der Waals surface area contributed by atoms with Crippen molar-refractivity contribution in [1.29, 1.82) is 0 Å². The number of amides is 2. The predicted molar refractivity (Wildman–Crippen MR) is 156 cm³/mol. The molecule has 0 aromatic heterocycles. The van der Waals surface area contributed by atoms with Crippen LogP contribution in [0.4, 0.5) is 15.8 Å². The van der Waals surface area contributed by atoms with Crippen LogP contribution in [0.2, 0.25) is 0 Å². The first kappa shape index (κ1) is 28.8. The van der Waals surface area contributed by atoms with Crippen molar-refractivity contribution >= 4 is 40.5 Å². The number of nitrogens with one attached hydrogen (secondary N) is 1. The summed E-state index contributed by atoms with van der Waals surface area (Å²) in [5.41, 5.74) is 1.70. The average Bonchev–Trinajstić information content (AvgIpc) is 3.16. The topological polar surface area (TPSA) is 68.4 Å². The molecular formula is C29H38FN5O3S. The van der Waals surface area contributed by atoms with Crippen LogP contribution in [0.5, 0.6) is 5.75 Å². The molecule has 0 spiro atoms. The van der Waals surface area contributed by atoms with E-state index < -0.39 is 6.04 Å². The van der Waals surface area contributed by atoms with Gasteiger partial charge in [0, 0.05) is 50.6 Å². The lowest BCUT2D eigenvalue weighted by Crippen LogP contribution is -2.47. The molecule has 2 heterocycles. The lowest BCUT2D eigenvalue weighted by Gasteiger charge is -2.36. The molecule has 1 N–H and O–H groups in total. The first-order valence-corrected chi connectivity index (χ1v) is 14.2. The van der Waals surface area contributed by atoms with Gasteiger partial charge in [-0.15, -0.1) is 0 Å². The molecule has 0 radical (unpaired) electrons. The second-order valence-electron chi connectivity index (χ2n) is 9.86. The van der Waals surface area contributed by atoms with Crippen molar-refractivity contribution in [3.63, 3.8) is 0 Å². The highest BCUT2D eigenvalue weighted by Crippen LogP contribution is 2.23. The molecule has 2 amide bonds. The van der Waals surface area contributed by atoms with Gasteiger partial charge in [0.2, 0.25) is 5.91 Å². The summed E-state index contributed by atoms with van der Waals surface area (Å²) in [5, 5.41) is 3.40. The summed E-state index contributed by atoms with van der Waals surface area (Å²) < 4.78 is 18.8. The first-order chi connectivity index (χ1) is 18.9. The minimum atomic E-state index is -0.597. The fraction of sp³-hybridized carbons (Fsp3) is 0.483. The van der Waals surface area contributed by atoms with Crippen molar-refractivity contribution in [2.24, 2.45) is 0 Å². The molecule has 1 atom stereocenters. The number of thiocarbonyl (C=S) groups is 1. The van der Waals surface area contributed by atoms with E-state index in [1.165, 1.54) is 12.1 Å². The summed E-state index contributed by atoms with van der Waals surface area (Å²) in [5.74, 6) is 0.194. The van der Waals surface area contributed by atoms with E-state index in [1.807, 2.05) is 43.0 Å². The van der Waals surface area contributed by atoms with Crippen LogP contribution in [0.25, 0.3) is 0 Å². The van der Waals surface area contributed by atoms with Crippen LogP contribution in [-0.2, 0) is 9.59 Å². The van der Waals surface area contributed by atoms with Gasteiger partial charge < -0.3 is 19.9 Å². The Morgan fingerprint density at radius 2 is 1.72 bits per heavy atom. The number of carbonyl (C=O) groups is 2. The fourth-order valence-corrected chi connectivity index (χ4v) is 5.46. The van der Waals surface area contributed by atoms with Gasteiger partial charge in [-0.3, -0.25) is 19.4 Å². The Hall–Kier alpha value is -3.24. The molecule has 0 saturated carbocycles. The zero-order valence-electron chi connectivity index (χ0n) is 22.8. The third-order valence-electron chi connectivity index (χ3n) is 7.15. The molecule has 2 aromatic rings. The number of hydrogen-bond acceptors (Lipinski definition) is 6. The Morgan fingerprint density at radius 1 is 1.03 bits per heavy atom. The molecule has 10 heteroatoms. The highest BCUT2D eigenvalue weighted by molar-refractivity contribution is 7.80. The number of likely N-dealkylation sites (N-methyl/N-ethyl adjacent to an activating group) is 1. The Balaban J connectivity index is 1.27. The maximum atomic E-state index is 13.2. The smallest absolute Gasteiger partial charge is 0.252 e. The lowest BCUT2D eigenvalue weighted by atomic mass is 10.1. The number of anilines is 2. The van der Waals surface area contributed by atoms with Gasteiger partial charge in [-0.1, -0.05) is 6.92 Å². The summed E-state index contributed by atoms with van der Waals surface area (Å²) in [6, 6.07) is 13.3. The third kappa shape index (κ3) is 7.45. The normalized spacial score (nSPS) is 18.1. The van der Waals surface area contributed by atoms with E-state index in [0.29, 0.717) is 30.5 Å². The lowest BCUT2D eigenvalue weighted by molar-refractivity contribution is -0.130. The standard InChI is InChI=1S/C29H38FN5O3S/c1-3-20-38-25-12-8-23(9-13-25)31-27(36)21-26-28(37)34(4-2)29(39)35(26)15-5-14-32-16-18-33(19-17-32)24-10-6-22(30)7-11-24/h6-13,26H,3-5,14-21H2,1-2H3,(H,31,36)/t26-/m0/s1. The van der Waals surface area contributed by atoms with Crippen molar-refractivity contribution in [3.05, 3.63) is 54.3 Å². The molecule has 2 fully saturated rings. The SMILES string of the molecule is CCCOc1ccc(NC(=O)C[C@H]2C(=O)N(CC)C(=S)N2CCCN2CCN(c3ccc(F)cc3)CC2)cc1. The minimum absolute atomic E-state index is 0.0416. The molecule has 0 aliphatic carbocycles. The van der Waals surface area contributed by atoms with Crippen LogP contribution in [0.1, 0.15) is 33.1 Å². The van der Waals surface area contributed by atoms with Crippen LogP contribution in [0, 0.1) is 5.82 Å². The van der Waals surface area contributed by atoms with Crippen LogP contribution in [-0.4, -0.2) is 90.1 Å². The molecule has 0 bridgehead atoms. The van der Waals surface area contributed by atoms with Crippen LogP contribution in [0.15, 0.2) is 48.5 Å². The maximum absolute atomic E-state index is 13.2. The summed E-state index contributed by atoms with van der Waals surface area (Å²) >= 11 is 5.63. The quantitative estimate of drug-likeness (QED) is 0.398. The third-order valence-corrected chi connectivity index (χ3v) is 7.60. The zero-order valence-corrected chi connectivity index (χ0v) is 23.6. The number of halogens is 1. The summed E-state index contributed by atoms with van der Waals surface area (Å²) in [6.45, 7) is 10.1. The fourth-order valence-electron chi connectivity index (χ4n) is 5.02. The molecule has 210 valence electrons. The Morgan fingerprint density at radius 3 is 2.36 bits per heavy atom. The number of benzene rings is 2. The Bertz CT molecular complexity index is 1120. The van der Waals surface area contributed by atoms with Gasteiger partial charge >= 0.3 is 0 Å². The molecule has 2 saturated heterocycles. The summed E-state index contributed by atoms with van der Waals surface area (Å²) in [7, 11) is 0. The molecule has 2 aliphatic rings. The molecular weight excluding hydrogens is 517 g/mol. The van der Waals surface area contributed by atoms with E-state index in [0.717, 1.165) is 57.0 Å². The van der Waals surface area contributed by atoms with E-state index in [1.54, 1.807) is 17.0 Å². The summed E-state index contributed by atoms with van der Waals surface area (Å²) in [6.07, 6.45) is 1.80. The molecule has 0 unspecified atom stereocenters. The van der Waals surface area contributed by atoms with E-state index in [2.05, 4.69) is 15.1 Å². The number of rotatable bonds is 12. The predicted octanol–water partition coefficient (Wildman–Crippen LogP) is 3.97. The number of ether oxygens (including phenoxy) is 1. The number of carbonyl (C=O) groups excluding carboxylic acids is 2. The first-order valence-electron chi connectivity index (χ1n) is 13.8. The van der Waals surface area contributed by atoms with E-state index in [-0.39, 0.29) is 24.1 Å². The minimum Gasteiger partial charge on any atom is -0.494 e. The number of piperazine rings is 1. The Kier molecular flexibility index (Phi) is 10.1. The molecule has 8 nitrogen and oxygen atoms in total. The number of hydrogen-bond donors (Lipinski definition) is 1. The van der Waals surface area contributed by atoms with Crippen LogP contribution in [0.3, 0.4) is 0 Å². The van der Waals surface area contributed by atoms with Gasteiger partial charge in [-0.25, -0.2) is 4.39 Å². The molecule has 2 aliphatic heterocycles. The van der Waals surface area contributed by atoms with Crippen LogP contribution >= 0.6 is 12.2 Å². The van der Waals surface area contributed by atoms with Crippen molar-refractivity contribution in [3.8, 4) is 5.75 Å². The van der Waals surface area contributed by atoms with Gasteiger partial charge in [-0.2, -0.15) is 0 Å². The largest absolute Gasteiger partial charge is 0.494 e. The van der Waals surface area contributed by atoms with E-state index in [9.17, 15) is 14.0 Å². The van der Waals surface area contributed by atoms with E-state index in [4.69, 9.17) is 17.0 Å². The van der Waals surface area contributed by atoms with Crippen molar-refractivity contribution < 1.29 is 18.7 Å². The highest BCUT2D eigenvalue weighted by atomic mass is 32.1. The zero-order chi connectivity index (χ0) is 27.8. The molecule has 2 aromatic carbocycles. The van der Waals surface area contributed by atoms with Gasteiger partial charge in [-0.05, 0) is 87.1 Å².